The number of nitrogens with one attached hydrogen (secondary N) is 1. The number of hydrogen-bond donors (Lipinski definition) is 1. The number of amides is 1. The average Bonchev–Trinajstić information content (AvgIpc) is 2.95. The van der Waals surface area contributed by atoms with Crippen LogP contribution in [0, 0.1) is 0 Å². The first-order chi connectivity index (χ1) is 14.1. The number of aromatic nitrogens is 2. The van der Waals surface area contributed by atoms with Gasteiger partial charge in [0.25, 0.3) is 5.91 Å². The highest BCUT2D eigenvalue weighted by molar-refractivity contribution is 6.34. The SMILES string of the molecule is CCN(CC)c1cccc2c3cccc(NC(=O)c4ncccc4Cl)cc-3nc12. The summed E-state index contributed by atoms with van der Waals surface area (Å²) in [4.78, 5) is 23.8. The van der Waals surface area contributed by atoms with Gasteiger partial charge < -0.3 is 10.2 Å². The van der Waals surface area contributed by atoms with Crippen molar-refractivity contribution in [2.75, 3.05) is 23.3 Å². The van der Waals surface area contributed by atoms with Crippen LogP contribution < -0.4 is 10.2 Å². The molecule has 0 radical (unpaired) electrons. The minimum Gasteiger partial charge on any atom is -0.370 e. The second kappa shape index (κ2) is 8.05. The summed E-state index contributed by atoms with van der Waals surface area (Å²) in [5.41, 5.74) is 4.80. The molecule has 1 amide bonds. The number of hydrogen-bond acceptors (Lipinski definition) is 4. The number of carbonyl (C=O) groups excluding carboxylic acids is 1. The Morgan fingerprint density at radius 2 is 1.86 bits per heavy atom. The van der Waals surface area contributed by atoms with Crippen LogP contribution in [0.3, 0.4) is 0 Å². The number of benzene rings is 1. The van der Waals surface area contributed by atoms with E-state index >= 15 is 0 Å². The number of para-hydroxylation sites is 1. The molecule has 2 aromatic rings. The first-order valence-electron chi connectivity index (χ1n) is 9.61. The largest absolute Gasteiger partial charge is 0.370 e. The summed E-state index contributed by atoms with van der Waals surface area (Å²) in [5.74, 6) is -0.352. The van der Waals surface area contributed by atoms with Crippen molar-refractivity contribution in [3.63, 3.8) is 0 Å². The molecule has 0 saturated heterocycles. The summed E-state index contributed by atoms with van der Waals surface area (Å²) in [6.07, 6.45) is 1.55. The van der Waals surface area contributed by atoms with Gasteiger partial charge in [-0.1, -0.05) is 35.9 Å². The van der Waals surface area contributed by atoms with E-state index in [1.54, 1.807) is 18.3 Å². The Morgan fingerprint density at radius 1 is 1.07 bits per heavy atom. The predicted molar refractivity (Wildman–Crippen MR) is 119 cm³/mol. The van der Waals surface area contributed by atoms with Crippen LogP contribution in [-0.4, -0.2) is 29.0 Å². The molecule has 0 unspecified atom stereocenters. The maximum atomic E-state index is 12.6. The van der Waals surface area contributed by atoms with Crippen molar-refractivity contribution in [1.29, 1.82) is 0 Å². The Kier molecular flexibility index (Phi) is 5.32. The Morgan fingerprint density at radius 3 is 2.62 bits per heavy atom. The summed E-state index contributed by atoms with van der Waals surface area (Å²) < 4.78 is 0. The molecule has 0 saturated carbocycles. The lowest BCUT2D eigenvalue weighted by molar-refractivity contribution is 0.102. The number of rotatable bonds is 5. The minimum absolute atomic E-state index is 0.196. The van der Waals surface area contributed by atoms with Crippen LogP contribution in [0.4, 0.5) is 11.4 Å². The molecule has 5 nitrogen and oxygen atoms in total. The fourth-order valence-corrected chi connectivity index (χ4v) is 3.76. The number of nitrogens with zero attached hydrogens (tertiary/aromatic N) is 3. The van der Waals surface area contributed by atoms with Crippen molar-refractivity contribution < 1.29 is 4.79 Å². The summed E-state index contributed by atoms with van der Waals surface area (Å²) in [6.45, 7) is 6.11. The first-order valence-corrected chi connectivity index (χ1v) is 9.99. The second-order valence-corrected chi connectivity index (χ2v) is 7.08. The highest BCUT2D eigenvalue weighted by Crippen LogP contribution is 2.36. The molecule has 6 heteroatoms. The Bertz CT molecular complexity index is 1160. The Labute approximate surface area is 174 Å². The summed E-state index contributed by atoms with van der Waals surface area (Å²) >= 11 is 6.09. The van der Waals surface area contributed by atoms with Gasteiger partial charge in [-0.2, -0.15) is 0 Å². The Hall–Kier alpha value is -3.18. The molecule has 4 rings (SSSR count). The van der Waals surface area contributed by atoms with Crippen LogP contribution in [-0.2, 0) is 0 Å². The summed E-state index contributed by atoms with van der Waals surface area (Å²) in [5, 5.41) is 4.30. The lowest BCUT2D eigenvalue weighted by Crippen LogP contribution is -2.21. The molecular weight excluding hydrogens is 384 g/mol. The van der Waals surface area contributed by atoms with E-state index in [0.717, 1.165) is 40.9 Å². The number of anilines is 2. The van der Waals surface area contributed by atoms with Gasteiger partial charge in [-0.3, -0.25) is 4.79 Å². The van der Waals surface area contributed by atoms with Gasteiger partial charge >= 0.3 is 0 Å². The second-order valence-electron chi connectivity index (χ2n) is 6.67. The molecule has 0 fully saturated rings. The normalized spacial score (nSPS) is 11.0. The summed E-state index contributed by atoms with van der Waals surface area (Å²) in [7, 11) is 0. The third kappa shape index (κ3) is 3.61. The van der Waals surface area contributed by atoms with Crippen molar-refractivity contribution in [2.45, 2.75) is 13.8 Å². The number of carbonyl (C=O) groups is 1. The monoisotopic (exact) mass is 404 g/mol. The van der Waals surface area contributed by atoms with E-state index in [1.165, 1.54) is 0 Å². The molecule has 2 aliphatic rings. The lowest BCUT2D eigenvalue weighted by atomic mass is 10.1. The topological polar surface area (TPSA) is 58.1 Å². The smallest absolute Gasteiger partial charge is 0.275 e. The van der Waals surface area contributed by atoms with Gasteiger partial charge in [0.15, 0.2) is 0 Å². The van der Waals surface area contributed by atoms with E-state index < -0.39 is 0 Å². The zero-order valence-corrected chi connectivity index (χ0v) is 17.1. The van der Waals surface area contributed by atoms with Crippen LogP contribution in [0.15, 0.2) is 60.8 Å². The zero-order valence-electron chi connectivity index (χ0n) is 16.3. The van der Waals surface area contributed by atoms with Crippen LogP contribution >= 0.6 is 11.6 Å². The zero-order chi connectivity index (χ0) is 20.4. The molecule has 146 valence electrons. The van der Waals surface area contributed by atoms with E-state index in [0.29, 0.717) is 10.7 Å². The van der Waals surface area contributed by atoms with E-state index in [9.17, 15) is 4.79 Å². The molecule has 0 spiro atoms. The van der Waals surface area contributed by atoms with Crippen LogP contribution in [0.25, 0.3) is 22.2 Å². The third-order valence-electron chi connectivity index (χ3n) is 4.98. The summed E-state index contributed by atoms with van der Waals surface area (Å²) in [6, 6.07) is 17.3. The van der Waals surface area contributed by atoms with E-state index in [2.05, 4.69) is 47.2 Å². The maximum absolute atomic E-state index is 12.6. The van der Waals surface area contributed by atoms with Crippen molar-refractivity contribution in [3.8, 4) is 11.3 Å². The molecule has 0 bridgehead atoms. The van der Waals surface area contributed by atoms with Crippen LogP contribution in [0.2, 0.25) is 5.02 Å². The van der Waals surface area contributed by atoms with Gasteiger partial charge in [0.2, 0.25) is 0 Å². The molecule has 2 heterocycles. The molecule has 1 aliphatic heterocycles. The van der Waals surface area contributed by atoms with Crippen LogP contribution in [0.5, 0.6) is 0 Å². The number of halogens is 1. The van der Waals surface area contributed by atoms with Gasteiger partial charge in [-0.25, -0.2) is 9.97 Å². The van der Waals surface area contributed by atoms with Gasteiger partial charge in [-0.15, -0.1) is 0 Å². The molecule has 1 N–H and O–H groups in total. The Balaban J connectivity index is 1.76. The van der Waals surface area contributed by atoms with Gasteiger partial charge in [-0.05, 0) is 44.2 Å². The van der Waals surface area contributed by atoms with Crippen molar-refractivity contribution in [1.82, 2.24) is 9.97 Å². The standard InChI is InChI=1S/C23H21ClN4O/c1-3-28(4-2)20-12-6-10-17-16-9-5-8-15(14-19(16)27-21(17)20)26-23(29)22-18(24)11-7-13-25-22/h5-14H,3-4H2,1-2H3,(H,26,29). The average molecular weight is 405 g/mol. The number of fused-ring (bicyclic) bond motifs is 3. The quantitative estimate of drug-likeness (QED) is 0.478. The van der Waals surface area contributed by atoms with Gasteiger partial charge in [0, 0.05) is 35.9 Å². The molecule has 1 aromatic carbocycles. The van der Waals surface area contributed by atoms with Crippen molar-refractivity contribution in [3.05, 3.63) is 71.5 Å². The molecular formula is C23H21ClN4O. The van der Waals surface area contributed by atoms with Crippen molar-refractivity contribution >= 4 is 39.8 Å². The van der Waals surface area contributed by atoms with Gasteiger partial charge in [0.1, 0.15) is 5.69 Å². The number of pyridine rings is 1. The fraction of sp³-hybridized carbons (Fsp3) is 0.174. The van der Waals surface area contributed by atoms with Crippen LogP contribution in [0.1, 0.15) is 24.3 Å². The lowest BCUT2D eigenvalue weighted by Gasteiger charge is -2.21. The van der Waals surface area contributed by atoms with E-state index in [4.69, 9.17) is 16.6 Å². The molecule has 0 atom stereocenters. The molecule has 29 heavy (non-hydrogen) atoms. The highest BCUT2D eigenvalue weighted by atomic mass is 35.5. The highest BCUT2D eigenvalue weighted by Gasteiger charge is 2.17. The first kappa shape index (κ1) is 19.2. The van der Waals surface area contributed by atoms with Gasteiger partial charge in [0.05, 0.1) is 21.9 Å². The third-order valence-corrected chi connectivity index (χ3v) is 5.28. The van der Waals surface area contributed by atoms with E-state index in [-0.39, 0.29) is 11.6 Å². The van der Waals surface area contributed by atoms with Crippen molar-refractivity contribution in [2.24, 2.45) is 0 Å². The minimum atomic E-state index is -0.352. The molecule has 1 aliphatic carbocycles. The molecule has 1 aromatic heterocycles. The predicted octanol–water partition coefficient (Wildman–Crippen LogP) is 5.49. The van der Waals surface area contributed by atoms with E-state index in [1.807, 2.05) is 24.3 Å². The maximum Gasteiger partial charge on any atom is 0.275 e. The fourth-order valence-electron chi connectivity index (χ4n) is 3.55.